The third kappa shape index (κ3) is 5.06. The summed E-state index contributed by atoms with van der Waals surface area (Å²) in [5.74, 6) is 4.17. The van der Waals surface area contributed by atoms with Gasteiger partial charge < -0.3 is 14.2 Å². The molecule has 2 aromatic carbocycles. The number of esters is 1. The molecule has 162 valence electrons. The highest BCUT2D eigenvalue weighted by Gasteiger charge is 2.41. The number of hydrogen-bond acceptors (Lipinski definition) is 4. The predicted molar refractivity (Wildman–Crippen MR) is 126 cm³/mol. The van der Waals surface area contributed by atoms with Gasteiger partial charge in [0, 0.05) is 31.0 Å². The van der Waals surface area contributed by atoms with Crippen LogP contribution >= 0.6 is 0 Å². The monoisotopic (exact) mass is 426 g/mol. The summed E-state index contributed by atoms with van der Waals surface area (Å²) in [6.07, 6.45) is 0. The molecule has 0 saturated heterocycles. The van der Waals surface area contributed by atoms with Gasteiger partial charge in [-0.3, -0.25) is 4.79 Å². The molecular formula is C25H34O4Si. The lowest BCUT2D eigenvalue weighted by molar-refractivity contribution is -0.131. The Morgan fingerprint density at radius 2 is 1.67 bits per heavy atom. The number of hydrogen-bond donors (Lipinski definition) is 0. The molecule has 0 heterocycles. The second kappa shape index (κ2) is 10.1. The first-order valence-electron chi connectivity index (χ1n) is 10.5. The Balaban J connectivity index is 2.71. The number of benzene rings is 2. The summed E-state index contributed by atoms with van der Waals surface area (Å²) >= 11 is 0. The smallest absolute Gasteiger partial charge is 0.308 e. The van der Waals surface area contributed by atoms with Crippen LogP contribution in [0.1, 0.15) is 54.0 Å². The van der Waals surface area contributed by atoms with Crippen LogP contribution in [0.15, 0.2) is 30.3 Å². The van der Waals surface area contributed by atoms with Crippen molar-refractivity contribution in [1.82, 2.24) is 0 Å². The number of ether oxygens (including phenoxy) is 3. The van der Waals surface area contributed by atoms with Crippen LogP contribution in [-0.4, -0.2) is 27.9 Å². The molecule has 0 bridgehead atoms. The summed E-state index contributed by atoms with van der Waals surface area (Å²) in [4.78, 5) is 11.8. The fraction of sp³-hybridized carbons (Fsp3) is 0.480. The van der Waals surface area contributed by atoms with E-state index in [0.29, 0.717) is 28.1 Å². The second-order valence-electron chi connectivity index (χ2n) is 8.62. The maximum atomic E-state index is 11.8. The van der Waals surface area contributed by atoms with Gasteiger partial charge in [0.05, 0.1) is 0 Å². The average Bonchev–Trinajstić information content (AvgIpc) is 2.65. The molecule has 0 N–H and O–H groups in total. The van der Waals surface area contributed by atoms with Crippen molar-refractivity contribution in [3.8, 4) is 23.0 Å². The summed E-state index contributed by atoms with van der Waals surface area (Å²) in [7, 11) is -0.320. The summed E-state index contributed by atoms with van der Waals surface area (Å²) < 4.78 is 16.1. The first-order chi connectivity index (χ1) is 14.1. The molecule has 0 aromatic heterocycles. The van der Waals surface area contributed by atoms with Gasteiger partial charge in [0.25, 0.3) is 0 Å². The fourth-order valence-corrected chi connectivity index (χ4v) is 9.74. The fourth-order valence-electron chi connectivity index (χ4n) is 4.52. The average molecular weight is 427 g/mol. The second-order valence-corrected chi connectivity index (χ2v) is 14.2. The molecule has 30 heavy (non-hydrogen) atoms. The standard InChI is InChI=1S/C25H34O4Si/c1-17(2)30(18(3)4,19(5)6)13-12-21-10-9-11-22-14-23(28-16-27-8)15-24(25(21)22)29-20(7)26/h9-11,14-15,17-19H,16H2,1-8H3. The van der Waals surface area contributed by atoms with Crippen LogP contribution in [-0.2, 0) is 9.53 Å². The molecule has 0 aliphatic rings. The highest BCUT2D eigenvalue weighted by atomic mass is 28.3. The van der Waals surface area contributed by atoms with E-state index in [9.17, 15) is 4.79 Å². The van der Waals surface area contributed by atoms with E-state index >= 15 is 0 Å². The highest BCUT2D eigenvalue weighted by molar-refractivity contribution is 6.90. The molecule has 2 aromatic rings. The normalized spacial score (nSPS) is 11.7. The van der Waals surface area contributed by atoms with Gasteiger partial charge >= 0.3 is 5.97 Å². The van der Waals surface area contributed by atoms with Gasteiger partial charge in [0.1, 0.15) is 19.6 Å². The minimum atomic E-state index is -1.89. The van der Waals surface area contributed by atoms with E-state index in [0.717, 1.165) is 16.3 Å². The van der Waals surface area contributed by atoms with Crippen LogP contribution < -0.4 is 9.47 Å². The number of rotatable bonds is 7. The molecule has 0 spiro atoms. The zero-order valence-electron chi connectivity index (χ0n) is 19.5. The number of carbonyl (C=O) groups is 1. The first-order valence-corrected chi connectivity index (χ1v) is 12.8. The van der Waals surface area contributed by atoms with E-state index in [4.69, 9.17) is 14.2 Å². The minimum absolute atomic E-state index is 0.121. The number of carbonyl (C=O) groups excluding carboxylic acids is 1. The third-order valence-corrected chi connectivity index (χ3v) is 12.1. The van der Waals surface area contributed by atoms with Crippen molar-refractivity contribution >= 4 is 24.8 Å². The van der Waals surface area contributed by atoms with Crippen molar-refractivity contribution in [1.29, 1.82) is 0 Å². The van der Waals surface area contributed by atoms with Crippen LogP contribution in [0.25, 0.3) is 10.8 Å². The summed E-state index contributed by atoms with van der Waals surface area (Å²) in [6, 6.07) is 9.60. The Labute approximate surface area is 181 Å². The molecule has 2 rings (SSSR count). The molecule has 0 amide bonds. The van der Waals surface area contributed by atoms with Crippen LogP contribution in [0, 0.1) is 11.5 Å². The predicted octanol–water partition coefficient (Wildman–Crippen LogP) is 6.32. The van der Waals surface area contributed by atoms with E-state index in [1.807, 2.05) is 24.3 Å². The molecule has 5 heteroatoms. The Morgan fingerprint density at radius 1 is 1.03 bits per heavy atom. The topological polar surface area (TPSA) is 44.8 Å². The molecule has 0 atom stereocenters. The van der Waals surface area contributed by atoms with E-state index in [1.165, 1.54) is 6.92 Å². The Kier molecular flexibility index (Phi) is 8.11. The van der Waals surface area contributed by atoms with Crippen LogP contribution in [0.5, 0.6) is 11.5 Å². The van der Waals surface area contributed by atoms with E-state index in [2.05, 4.69) is 53.0 Å². The van der Waals surface area contributed by atoms with Gasteiger partial charge in [-0.25, -0.2) is 0 Å². The van der Waals surface area contributed by atoms with Crippen molar-refractivity contribution in [2.24, 2.45) is 0 Å². The van der Waals surface area contributed by atoms with Crippen molar-refractivity contribution in [2.45, 2.75) is 65.1 Å². The molecule has 0 aliphatic carbocycles. The lowest BCUT2D eigenvalue weighted by atomic mass is 10.0. The summed E-state index contributed by atoms with van der Waals surface area (Å²) in [5, 5.41) is 1.75. The molecule has 0 aliphatic heterocycles. The molecule has 0 saturated carbocycles. The Morgan fingerprint density at radius 3 is 2.20 bits per heavy atom. The van der Waals surface area contributed by atoms with Gasteiger partial charge in [-0.15, -0.1) is 5.54 Å². The van der Waals surface area contributed by atoms with Crippen molar-refractivity contribution in [3.63, 3.8) is 0 Å². The number of fused-ring (bicyclic) bond motifs is 1. The Hall–Kier alpha value is -2.29. The number of methoxy groups -OCH3 is 1. The molecular weight excluding hydrogens is 392 g/mol. The van der Waals surface area contributed by atoms with Crippen LogP contribution in [0.4, 0.5) is 0 Å². The largest absolute Gasteiger partial charge is 0.467 e. The van der Waals surface area contributed by atoms with E-state index < -0.39 is 8.07 Å². The first kappa shape index (κ1) is 24.0. The minimum Gasteiger partial charge on any atom is -0.467 e. The van der Waals surface area contributed by atoms with Crippen molar-refractivity contribution in [2.75, 3.05) is 13.9 Å². The zero-order chi connectivity index (χ0) is 22.5. The van der Waals surface area contributed by atoms with E-state index in [1.54, 1.807) is 13.2 Å². The van der Waals surface area contributed by atoms with Crippen molar-refractivity contribution < 1.29 is 19.0 Å². The molecule has 4 nitrogen and oxygen atoms in total. The zero-order valence-corrected chi connectivity index (χ0v) is 20.5. The quantitative estimate of drug-likeness (QED) is 0.171. The van der Waals surface area contributed by atoms with Gasteiger partial charge in [0.2, 0.25) is 0 Å². The highest BCUT2D eigenvalue weighted by Crippen LogP contribution is 2.41. The maximum Gasteiger partial charge on any atom is 0.308 e. The van der Waals surface area contributed by atoms with Gasteiger partial charge in [-0.1, -0.05) is 59.6 Å². The summed E-state index contributed by atoms with van der Waals surface area (Å²) in [5.41, 5.74) is 6.27. The summed E-state index contributed by atoms with van der Waals surface area (Å²) in [6.45, 7) is 15.3. The van der Waals surface area contributed by atoms with Gasteiger partial charge in [-0.2, -0.15) is 0 Å². The SMILES string of the molecule is COCOc1cc(OC(C)=O)c2c(C#C[Si](C(C)C)(C(C)C)C(C)C)cccc2c1. The Bertz CT molecular complexity index is 929. The molecule has 0 unspecified atom stereocenters. The van der Waals surface area contributed by atoms with E-state index in [-0.39, 0.29) is 12.8 Å². The van der Waals surface area contributed by atoms with Crippen LogP contribution in [0.3, 0.4) is 0 Å². The van der Waals surface area contributed by atoms with Crippen LogP contribution in [0.2, 0.25) is 16.6 Å². The van der Waals surface area contributed by atoms with Gasteiger partial charge in [-0.05, 0) is 34.1 Å². The molecule has 0 fully saturated rings. The lowest BCUT2D eigenvalue weighted by Crippen LogP contribution is -2.43. The third-order valence-electron chi connectivity index (χ3n) is 5.79. The lowest BCUT2D eigenvalue weighted by Gasteiger charge is -2.38. The van der Waals surface area contributed by atoms with Gasteiger partial charge in [0.15, 0.2) is 6.79 Å². The van der Waals surface area contributed by atoms with Crippen molar-refractivity contribution in [3.05, 3.63) is 35.9 Å². The molecule has 0 radical (unpaired) electrons. The maximum absolute atomic E-state index is 11.8.